The van der Waals surface area contributed by atoms with E-state index in [4.69, 9.17) is 9.62 Å². The molecule has 0 aromatic carbocycles. The summed E-state index contributed by atoms with van der Waals surface area (Å²) in [5.41, 5.74) is 0. The molecule has 0 atom stereocenters. The van der Waals surface area contributed by atoms with Gasteiger partial charge in [-0.3, -0.25) is 9.59 Å². The number of ether oxygens (including phenoxy) is 1. The van der Waals surface area contributed by atoms with Crippen molar-refractivity contribution in [2.24, 2.45) is 0 Å². The topological polar surface area (TPSA) is 61.8 Å². The van der Waals surface area contributed by atoms with Gasteiger partial charge in [0.1, 0.15) is 5.78 Å². The predicted molar refractivity (Wildman–Crippen MR) is 57.7 cm³/mol. The average molecular weight is 232 g/mol. The van der Waals surface area contributed by atoms with Gasteiger partial charge in [0.25, 0.3) is 0 Å². The minimum absolute atomic E-state index is 0.0492. The second-order valence-electron chi connectivity index (χ2n) is 3.18. The minimum atomic E-state index is -0.318. The van der Waals surface area contributed by atoms with Gasteiger partial charge in [0.15, 0.2) is 0 Å². The first-order valence-electron chi connectivity index (χ1n) is 5.62. The van der Waals surface area contributed by atoms with E-state index in [0.717, 1.165) is 0 Å². The highest BCUT2D eigenvalue weighted by Crippen LogP contribution is 2.01. The lowest BCUT2D eigenvalue weighted by molar-refractivity contribution is -0.291. The van der Waals surface area contributed by atoms with Crippen LogP contribution in [0, 0.1) is 0 Å². The molecule has 0 rings (SSSR count). The van der Waals surface area contributed by atoms with E-state index in [1.807, 2.05) is 6.92 Å². The molecule has 0 N–H and O–H groups in total. The molecule has 0 unspecified atom stereocenters. The van der Waals surface area contributed by atoms with Gasteiger partial charge in [0.2, 0.25) is 0 Å². The second kappa shape index (κ2) is 10.6. The Kier molecular flexibility index (Phi) is 9.95. The maximum atomic E-state index is 11.3. The first-order valence-corrected chi connectivity index (χ1v) is 5.62. The summed E-state index contributed by atoms with van der Waals surface area (Å²) in [6, 6.07) is 0. The molecule has 0 aromatic heterocycles. The molecule has 0 spiro atoms. The Labute approximate surface area is 96.0 Å². The van der Waals surface area contributed by atoms with Crippen molar-refractivity contribution in [3.05, 3.63) is 0 Å². The summed E-state index contributed by atoms with van der Waals surface area (Å²) in [6.45, 7) is 4.82. The molecule has 0 saturated carbocycles. The van der Waals surface area contributed by atoms with E-state index in [1.54, 1.807) is 6.92 Å². The van der Waals surface area contributed by atoms with Gasteiger partial charge in [0.05, 0.1) is 26.2 Å². The van der Waals surface area contributed by atoms with Crippen molar-refractivity contribution in [3.8, 4) is 0 Å². The second-order valence-corrected chi connectivity index (χ2v) is 3.18. The van der Waals surface area contributed by atoms with Crippen molar-refractivity contribution in [2.75, 3.05) is 19.8 Å². The van der Waals surface area contributed by atoms with Crippen molar-refractivity contribution in [3.63, 3.8) is 0 Å². The lowest BCUT2D eigenvalue weighted by Gasteiger charge is -2.02. The predicted octanol–water partition coefficient (Wildman–Crippen LogP) is 1.65. The number of hydrogen-bond donors (Lipinski definition) is 0. The molecule has 0 saturated heterocycles. The maximum Gasteiger partial charge on any atom is 0.306 e. The van der Waals surface area contributed by atoms with Gasteiger partial charge in [0, 0.05) is 12.8 Å². The van der Waals surface area contributed by atoms with Crippen LogP contribution in [-0.2, 0) is 24.1 Å². The van der Waals surface area contributed by atoms with E-state index in [2.05, 4.69) is 4.89 Å². The summed E-state index contributed by atoms with van der Waals surface area (Å²) >= 11 is 0. The Morgan fingerprint density at radius 1 is 0.938 bits per heavy atom. The standard InChI is InChI=1S/C11H20O5/c1-3-14-11(13)8-7-10(12)6-5-9-16-15-4-2/h3-9H2,1-2H3. The molecule has 16 heavy (non-hydrogen) atoms. The summed E-state index contributed by atoms with van der Waals surface area (Å²) in [5, 5.41) is 0. The van der Waals surface area contributed by atoms with Crippen LogP contribution in [0.3, 0.4) is 0 Å². The van der Waals surface area contributed by atoms with Gasteiger partial charge < -0.3 is 4.74 Å². The molecule has 0 aliphatic heterocycles. The fourth-order valence-electron chi connectivity index (χ4n) is 1.07. The van der Waals surface area contributed by atoms with Crippen LogP contribution in [0.15, 0.2) is 0 Å². The fourth-order valence-corrected chi connectivity index (χ4v) is 1.07. The van der Waals surface area contributed by atoms with Gasteiger partial charge in [-0.15, -0.1) is 0 Å². The molecule has 5 nitrogen and oxygen atoms in total. The van der Waals surface area contributed by atoms with Crippen molar-refractivity contribution in [1.29, 1.82) is 0 Å². The summed E-state index contributed by atoms with van der Waals surface area (Å²) in [6.07, 6.45) is 1.43. The van der Waals surface area contributed by atoms with E-state index < -0.39 is 0 Å². The number of ketones is 1. The molecule has 0 bridgehead atoms. The molecule has 0 aliphatic rings. The van der Waals surface area contributed by atoms with Crippen molar-refractivity contribution in [2.45, 2.75) is 39.5 Å². The van der Waals surface area contributed by atoms with Crippen LogP contribution in [0.4, 0.5) is 0 Å². The Morgan fingerprint density at radius 2 is 1.69 bits per heavy atom. The van der Waals surface area contributed by atoms with Gasteiger partial charge in [-0.05, 0) is 20.3 Å². The normalized spacial score (nSPS) is 10.1. The molecule has 0 amide bonds. The van der Waals surface area contributed by atoms with Crippen LogP contribution in [0.1, 0.15) is 39.5 Å². The average Bonchev–Trinajstić information content (AvgIpc) is 2.26. The van der Waals surface area contributed by atoms with E-state index in [-0.39, 0.29) is 24.6 Å². The monoisotopic (exact) mass is 232 g/mol. The molecule has 0 fully saturated rings. The molecule has 0 radical (unpaired) electrons. The summed E-state index contributed by atoms with van der Waals surface area (Å²) in [7, 11) is 0. The van der Waals surface area contributed by atoms with Crippen LogP contribution >= 0.6 is 0 Å². The number of esters is 1. The zero-order chi connectivity index (χ0) is 12.2. The minimum Gasteiger partial charge on any atom is -0.466 e. The lowest BCUT2D eigenvalue weighted by atomic mass is 10.1. The Hall–Kier alpha value is -0.940. The molecule has 5 heteroatoms. The highest BCUT2D eigenvalue weighted by Gasteiger charge is 2.07. The third-order valence-electron chi connectivity index (χ3n) is 1.80. The number of carbonyl (C=O) groups is 2. The van der Waals surface area contributed by atoms with Crippen LogP contribution in [0.25, 0.3) is 0 Å². The Balaban J connectivity index is 3.34. The highest BCUT2D eigenvalue weighted by molar-refractivity contribution is 5.82. The van der Waals surface area contributed by atoms with Crippen molar-refractivity contribution >= 4 is 11.8 Å². The molecular formula is C11H20O5. The maximum absolute atomic E-state index is 11.3. The molecule has 0 heterocycles. The van der Waals surface area contributed by atoms with Gasteiger partial charge >= 0.3 is 5.97 Å². The lowest BCUT2D eigenvalue weighted by Crippen LogP contribution is -2.08. The van der Waals surface area contributed by atoms with Crippen LogP contribution in [0.2, 0.25) is 0 Å². The summed E-state index contributed by atoms with van der Waals surface area (Å²) in [4.78, 5) is 31.6. The van der Waals surface area contributed by atoms with Gasteiger partial charge in [-0.2, -0.15) is 0 Å². The zero-order valence-corrected chi connectivity index (χ0v) is 9.99. The zero-order valence-electron chi connectivity index (χ0n) is 9.99. The summed E-state index contributed by atoms with van der Waals surface area (Å²) < 4.78 is 4.71. The number of rotatable bonds is 10. The number of carbonyl (C=O) groups excluding carboxylic acids is 2. The Bertz CT molecular complexity index is 203. The number of Topliss-reactive ketones (excluding diaryl/α,β-unsaturated/α-hetero) is 1. The van der Waals surface area contributed by atoms with E-state index in [9.17, 15) is 9.59 Å². The first-order chi connectivity index (χ1) is 7.70. The fraction of sp³-hybridized carbons (Fsp3) is 0.818. The molecule has 0 aliphatic carbocycles. The summed E-state index contributed by atoms with van der Waals surface area (Å²) in [5.74, 6) is -0.269. The Morgan fingerprint density at radius 3 is 2.31 bits per heavy atom. The smallest absolute Gasteiger partial charge is 0.306 e. The van der Waals surface area contributed by atoms with E-state index in [1.165, 1.54) is 0 Å². The third kappa shape index (κ3) is 9.61. The van der Waals surface area contributed by atoms with Gasteiger partial charge in [-0.1, -0.05) is 0 Å². The quantitative estimate of drug-likeness (QED) is 0.248. The molecule has 0 aromatic rings. The van der Waals surface area contributed by atoms with Gasteiger partial charge in [-0.25, -0.2) is 9.78 Å². The van der Waals surface area contributed by atoms with Crippen LogP contribution in [0.5, 0.6) is 0 Å². The number of hydrogen-bond acceptors (Lipinski definition) is 5. The van der Waals surface area contributed by atoms with Crippen LogP contribution in [-0.4, -0.2) is 31.6 Å². The molecular weight excluding hydrogens is 212 g/mol. The van der Waals surface area contributed by atoms with E-state index >= 15 is 0 Å². The third-order valence-corrected chi connectivity index (χ3v) is 1.80. The van der Waals surface area contributed by atoms with Crippen LogP contribution < -0.4 is 0 Å². The SMILES string of the molecule is CCOOCCCC(=O)CCC(=O)OCC. The van der Waals surface area contributed by atoms with E-state index in [0.29, 0.717) is 32.7 Å². The highest BCUT2D eigenvalue weighted by atomic mass is 17.2. The van der Waals surface area contributed by atoms with Crippen molar-refractivity contribution in [1.82, 2.24) is 0 Å². The molecule has 94 valence electrons. The van der Waals surface area contributed by atoms with Crippen molar-refractivity contribution < 1.29 is 24.1 Å². The largest absolute Gasteiger partial charge is 0.466 e. The first kappa shape index (κ1) is 15.1.